The summed E-state index contributed by atoms with van der Waals surface area (Å²) in [4.78, 5) is 5.94. The molecule has 1 heterocycles. The highest BCUT2D eigenvalue weighted by Gasteiger charge is 2.54. The second kappa shape index (κ2) is 5.66. The Kier molecular flexibility index (Phi) is 3.53. The van der Waals surface area contributed by atoms with Gasteiger partial charge in [-0.15, -0.1) is 0 Å². The summed E-state index contributed by atoms with van der Waals surface area (Å²) in [5.74, 6) is 4.91. The molecule has 0 radical (unpaired) electrons. The molecule has 4 aliphatic carbocycles. The Hall–Kier alpha value is -1.68. The topological polar surface area (TPSA) is 33.7 Å². The predicted octanol–water partition coefficient (Wildman–Crippen LogP) is 4.36. The van der Waals surface area contributed by atoms with Crippen LogP contribution in [-0.4, -0.2) is 17.7 Å². The Balaban J connectivity index is 1.38. The number of methoxy groups -OCH3 is 1. The minimum absolute atomic E-state index is 0.210. The van der Waals surface area contributed by atoms with Crippen LogP contribution in [0.15, 0.2) is 36.2 Å². The number of nitrogens with zero attached hydrogens (tertiary/aromatic N) is 1. The zero-order valence-electron chi connectivity index (χ0n) is 15.2. The Labute approximate surface area is 150 Å². The maximum atomic E-state index is 5.94. The van der Waals surface area contributed by atoms with Crippen LogP contribution in [-0.2, 0) is 4.84 Å². The van der Waals surface area contributed by atoms with Gasteiger partial charge in [0.15, 0.2) is 5.76 Å². The van der Waals surface area contributed by atoms with Crippen LogP contribution < -0.4 is 10.3 Å². The normalized spacial score (nSPS) is 37.0. The lowest BCUT2D eigenvalue weighted by atomic mass is 9.53. The molecule has 0 spiro atoms. The van der Waals surface area contributed by atoms with Gasteiger partial charge in [0.05, 0.1) is 18.8 Å². The van der Waals surface area contributed by atoms with Crippen molar-refractivity contribution >= 4 is 0 Å². The zero-order valence-corrected chi connectivity index (χ0v) is 15.2. The van der Waals surface area contributed by atoms with Crippen LogP contribution in [0.4, 0.5) is 0 Å². The molecule has 1 aromatic rings. The Morgan fingerprint density at radius 2 is 1.84 bits per heavy atom. The van der Waals surface area contributed by atoms with Gasteiger partial charge in [-0.3, -0.25) is 5.01 Å². The highest BCUT2D eigenvalue weighted by Crippen LogP contribution is 2.58. The fraction of sp³-hybridized carbons (Fsp3) is 0.619. The van der Waals surface area contributed by atoms with Crippen molar-refractivity contribution in [1.29, 1.82) is 0 Å². The summed E-state index contributed by atoms with van der Waals surface area (Å²) in [6.45, 7) is 2.20. The van der Waals surface area contributed by atoms with Crippen molar-refractivity contribution in [1.82, 2.24) is 10.6 Å². The lowest BCUT2D eigenvalue weighted by Crippen LogP contribution is -2.60. The number of rotatable bonds is 4. The maximum Gasteiger partial charge on any atom is 0.151 e. The van der Waals surface area contributed by atoms with Gasteiger partial charge >= 0.3 is 0 Å². The summed E-state index contributed by atoms with van der Waals surface area (Å²) in [5, 5.41) is 2.32. The highest BCUT2D eigenvalue weighted by atomic mass is 16.7. The first-order valence-electron chi connectivity index (χ1n) is 9.73. The molecule has 1 atom stereocenters. The first kappa shape index (κ1) is 15.6. The summed E-state index contributed by atoms with van der Waals surface area (Å²) in [5.41, 5.74) is 4.76. The molecule has 1 aromatic carbocycles. The van der Waals surface area contributed by atoms with Gasteiger partial charge in [-0.1, -0.05) is 24.6 Å². The van der Waals surface area contributed by atoms with E-state index in [-0.39, 0.29) is 11.5 Å². The van der Waals surface area contributed by atoms with Crippen LogP contribution in [0.3, 0.4) is 0 Å². The van der Waals surface area contributed by atoms with Crippen molar-refractivity contribution < 1.29 is 9.57 Å². The van der Waals surface area contributed by atoms with Crippen LogP contribution in [0.5, 0.6) is 5.75 Å². The Morgan fingerprint density at radius 3 is 2.48 bits per heavy atom. The summed E-state index contributed by atoms with van der Waals surface area (Å²) >= 11 is 0. The maximum absolute atomic E-state index is 5.94. The number of allylic oxidation sites excluding steroid dienone is 1. The van der Waals surface area contributed by atoms with E-state index in [1.807, 2.05) is 12.1 Å². The second-order valence-electron chi connectivity index (χ2n) is 8.74. The highest BCUT2D eigenvalue weighted by molar-refractivity contribution is 5.34. The van der Waals surface area contributed by atoms with Gasteiger partial charge < -0.3 is 9.57 Å². The summed E-state index contributed by atoms with van der Waals surface area (Å²) < 4.78 is 5.37. The third-order valence-corrected chi connectivity index (χ3v) is 7.06. The molecule has 0 amide bonds. The molecule has 1 N–H and O–H groups in total. The molecule has 5 aliphatic rings. The fourth-order valence-electron chi connectivity index (χ4n) is 6.15. The van der Waals surface area contributed by atoms with Gasteiger partial charge in [0.25, 0.3) is 0 Å². The lowest BCUT2D eigenvalue weighted by Gasteiger charge is -2.59. The van der Waals surface area contributed by atoms with Crippen LogP contribution >= 0.6 is 0 Å². The number of hydrogen-bond acceptors (Lipinski definition) is 4. The van der Waals surface area contributed by atoms with E-state index in [0.717, 1.165) is 29.3 Å². The molecule has 0 saturated heterocycles. The summed E-state index contributed by atoms with van der Waals surface area (Å²) in [7, 11) is 1.71. The Bertz CT molecular complexity index is 664. The standard InChI is InChI=1S/C21H28N2O2/c1-14(18-4-3-5-19(9-18)24-2)20-13-23(22-25-20)21-10-15-6-16(11-21)8-17(7-15)12-21/h3-5,9,13-17,22H,6-8,10-12H2,1-2H3/t14-,15?,16?,17?,21?/m0/s1. The third kappa shape index (κ3) is 2.53. The number of nitrogens with one attached hydrogen (secondary N) is 1. The lowest BCUT2D eigenvalue weighted by molar-refractivity contribution is -0.127. The van der Waals surface area contributed by atoms with E-state index in [1.165, 1.54) is 44.1 Å². The molecular formula is C21H28N2O2. The SMILES string of the molecule is COc1cccc([C@H](C)C2=CN(C34CC5CC(CC(C5)C3)C4)NO2)c1. The van der Waals surface area contributed by atoms with Gasteiger partial charge in [0.2, 0.25) is 0 Å². The van der Waals surface area contributed by atoms with Crippen LogP contribution in [0.1, 0.15) is 56.9 Å². The van der Waals surface area contributed by atoms with E-state index >= 15 is 0 Å². The fourth-order valence-corrected chi connectivity index (χ4v) is 6.15. The van der Waals surface area contributed by atoms with E-state index in [9.17, 15) is 0 Å². The monoisotopic (exact) mass is 340 g/mol. The molecule has 4 saturated carbocycles. The average Bonchev–Trinajstić information content (AvgIpc) is 3.11. The second-order valence-corrected chi connectivity index (χ2v) is 8.74. The molecule has 0 unspecified atom stereocenters. The molecule has 134 valence electrons. The van der Waals surface area contributed by atoms with Crippen molar-refractivity contribution in [3.05, 3.63) is 41.8 Å². The molecule has 25 heavy (non-hydrogen) atoms. The third-order valence-electron chi connectivity index (χ3n) is 7.06. The molecule has 4 bridgehead atoms. The predicted molar refractivity (Wildman–Crippen MR) is 96.5 cm³/mol. The van der Waals surface area contributed by atoms with Crippen molar-refractivity contribution in [2.45, 2.75) is 56.9 Å². The van der Waals surface area contributed by atoms with Gasteiger partial charge in [0.1, 0.15) is 5.75 Å². The van der Waals surface area contributed by atoms with Crippen LogP contribution in [0.25, 0.3) is 0 Å². The molecule has 1 aliphatic heterocycles. The summed E-state index contributed by atoms with van der Waals surface area (Å²) in [6, 6.07) is 8.28. The number of hydrogen-bond donors (Lipinski definition) is 1. The molecule has 4 fully saturated rings. The van der Waals surface area contributed by atoms with E-state index in [2.05, 4.69) is 35.9 Å². The van der Waals surface area contributed by atoms with Gasteiger partial charge in [-0.05, 0) is 74.0 Å². The first-order valence-corrected chi connectivity index (χ1v) is 9.73. The smallest absolute Gasteiger partial charge is 0.151 e. The Morgan fingerprint density at radius 1 is 1.16 bits per heavy atom. The molecule has 4 heteroatoms. The van der Waals surface area contributed by atoms with Gasteiger partial charge in [0, 0.05) is 5.92 Å². The van der Waals surface area contributed by atoms with Crippen molar-refractivity contribution in [2.75, 3.05) is 7.11 Å². The number of hydrazine groups is 1. The van der Waals surface area contributed by atoms with Crippen LogP contribution in [0, 0.1) is 17.8 Å². The van der Waals surface area contributed by atoms with Crippen LogP contribution in [0.2, 0.25) is 0 Å². The molecule has 6 rings (SSSR count). The molecule has 4 nitrogen and oxygen atoms in total. The van der Waals surface area contributed by atoms with Crippen molar-refractivity contribution in [2.24, 2.45) is 17.8 Å². The largest absolute Gasteiger partial charge is 0.497 e. The summed E-state index contributed by atoms with van der Waals surface area (Å²) in [6.07, 6.45) is 10.6. The minimum Gasteiger partial charge on any atom is -0.497 e. The average molecular weight is 340 g/mol. The van der Waals surface area contributed by atoms with E-state index in [4.69, 9.17) is 9.57 Å². The molecular weight excluding hydrogens is 312 g/mol. The van der Waals surface area contributed by atoms with Crippen molar-refractivity contribution in [3.8, 4) is 5.75 Å². The zero-order chi connectivity index (χ0) is 17.0. The van der Waals surface area contributed by atoms with Gasteiger partial charge in [-0.2, -0.15) is 0 Å². The van der Waals surface area contributed by atoms with Crippen molar-refractivity contribution in [3.63, 3.8) is 0 Å². The molecule has 0 aromatic heterocycles. The van der Waals surface area contributed by atoms with E-state index in [0.29, 0.717) is 0 Å². The van der Waals surface area contributed by atoms with Gasteiger partial charge in [-0.25, -0.2) is 0 Å². The number of ether oxygens (including phenoxy) is 1. The van der Waals surface area contributed by atoms with E-state index in [1.54, 1.807) is 7.11 Å². The van der Waals surface area contributed by atoms with E-state index < -0.39 is 0 Å². The minimum atomic E-state index is 0.210. The number of benzene rings is 1. The first-order chi connectivity index (χ1) is 12.1. The quantitative estimate of drug-likeness (QED) is 0.883.